The molecule has 2 nitrogen and oxygen atoms in total. The van der Waals surface area contributed by atoms with Gasteiger partial charge in [-0.3, -0.25) is 4.79 Å². The molecule has 1 heterocycles. The Balaban J connectivity index is 1.43. The lowest BCUT2D eigenvalue weighted by atomic mass is 9.54. The fourth-order valence-electron chi connectivity index (χ4n) is 5.66. The van der Waals surface area contributed by atoms with Gasteiger partial charge >= 0.3 is 6.92 Å². The van der Waals surface area contributed by atoms with Crippen LogP contribution in [-0.4, -0.2) is 18.3 Å². The van der Waals surface area contributed by atoms with Crippen molar-refractivity contribution in [2.75, 3.05) is 0 Å². The van der Waals surface area contributed by atoms with Crippen molar-refractivity contribution < 1.29 is 9.45 Å². The highest BCUT2D eigenvalue weighted by Crippen LogP contribution is 2.47. The predicted octanol–water partition coefficient (Wildman–Crippen LogP) is 5.02. The molecule has 29 heavy (non-hydrogen) atoms. The Labute approximate surface area is 175 Å². The van der Waals surface area contributed by atoms with Crippen molar-refractivity contribution in [2.45, 2.75) is 71.7 Å². The van der Waals surface area contributed by atoms with Crippen LogP contribution >= 0.6 is 0 Å². The second kappa shape index (κ2) is 6.31. The zero-order valence-electron chi connectivity index (χ0n) is 18.2. The Hall–Kier alpha value is -1.87. The molecule has 0 unspecified atom stereocenters. The third kappa shape index (κ3) is 2.93. The molecule has 0 atom stereocenters. The smallest absolute Gasteiger partial charge is 0.327 e. The number of carbonyl (C=O) groups is 1. The van der Waals surface area contributed by atoms with E-state index in [9.17, 15) is 4.79 Å². The van der Waals surface area contributed by atoms with Gasteiger partial charge in [0.05, 0.1) is 5.60 Å². The number of carbonyl (C=O) groups excluding carboxylic acids is 1. The molecule has 0 radical (unpaired) electrons. The molecule has 3 heteroatoms. The van der Waals surface area contributed by atoms with Gasteiger partial charge in [-0.2, -0.15) is 0 Å². The molecule has 0 aromatic heterocycles. The largest absolute Gasteiger partial charge is 0.426 e. The van der Waals surface area contributed by atoms with Gasteiger partial charge in [0.2, 0.25) is 0 Å². The van der Waals surface area contributed by atoms with Crippen LogP contribution in [-0.2, 0) is 23.9 Å². The molecule has 1 spiro atoms. The first kappa shape index (κ1) is 19.1. The first-order valence-electron chi connectivity index (χ1n) is 11.1. The fourth-order valence-corrected chi connectivity index (χ4v) is 5.66. The van der Waals surface area contributed by atoms with Crippen LogP contribution in [0.3, 0.4) is 0 Å². The summed E-state index contributed by atoms with van der Waals surface area (Å²) in [5.41, 5.74) is 5.97. The summed E-state index contributed by atoms with van der Waals surface area (Å²) in [6.45, 7) is 9.01. The maximum Gasteiger partial charge on any atom is 0.327 e. The van der Waals surface area contributed by atoms with Gasteiger partial charge in [-0.15, -0.1) is 0 Å². The Bertz CT molecular complexity index is 945. The van der Waals surface area contributed by atoms with Crippen LogP contribution < -0.4 is 5.46 Å². The SMILES string of the molecule is CC1(C)CB(c2ccc3c(c2)C(=O)C2(CCc4ccccc4CC2)C3)OC1(C)C. The Morgan fingerprint density at radius 1 is 0.897 bits per heavy atom. The van der Waals surface area contributed by atoms with Crippen LogP contribution in [0.2, 0.25) is 6.32 Å². The second-order valence-electron chi connectivity index (χ2n) is 10.7. The van der Waals surface area contributed by atoms with Crippen molar-refractivity contribution in [1.29, 1.82) is 0 Å². The van der Waals surface area contributed by atoms with E-state index in [2.05, 4.69) is 70.2 Å². The van der Waals surface area contributed by atoms with Gasteiger partial charge in [-0.05, 0) is 79.8 Å². The minimum Gasteiger partial charge on any atom is -0.426 e. The highest BCUT2D eigenvalue weighted by Gasteiger charge is 2.51. The lowest BCUT2D eigenvalue weighted by molar-refractivity contribution is 0.0375. The number of benzene rings is 2. The lowest BCUT2D eigenvalue weighted by Gasteiger charge is -2.34. The van der Waals surface area contributed by atoms with Gasteiger partial charge in [0, 0.05) is 11.0 Å². The van der Waals surface area contributed by atoms with Gasteiger partial charge in [0.25, 0.3) is 0 Å². The van der Waals surface area contributed by atoms with Crippen LogP contribution in [0.5, 0.6) is 0 Å². The zero-order chi connectivity index (χ0) is 20.4. The first-order valence-corrected chi connectivity index (χ1v) is 11.1. The summed E-state index contributed by atoms with van der Waals surface area (Å²) in [6, 6.07) is 15.3. The summed E-state index contributed by atoms with van der Waals surface area (Å²) in [5, 5.41) is 0. The summed E-state index contributed by atoms with van der Waals surface area (Å²) in [5.74, 6) is 0.374. The average molecular weight is 386 g/mol. The minimum atomic E-state index is -0.213. The monoisotopic (exact) mass is 386 g/mol. The van der Waals surface area contributed by atoms with Gasteiger partial charge in [-0.1, -0.05) is 56.3 Å². The maximum absolute atomic E-state index is 13.7. The van der Waals surface area contributed by atoms with E-state index in [1.807, 2.05) is 0 Å². The van der Waals surface area contributed by atoms with E-state index in [0.29, 0.717) is 5.78 Å². The van der Waals surface area contributed by atoms with E-state index in [4.69, 9.17) is 4.65 Å². The topological polar surface area (TPSA) is 26.3 Å². The predicted molar refractivity (Wildman–Crippen MR) is 119 cm³/mol. The van der Waals surface area contributed by atoms with Gasteiger partial charge in [-0.25, -0.2) is 0 Å². The molecule has 3 aliphatic rings. The number of ketones is 1. The first-order chi connectivity index (χ1) is 13.7. The van der Waals surface area contributed by atoms with E-state index in [1.165, 1.54) is 22.2 Å². The van der Waals surface area contributed by atoms with Gasteiger partial charge in [0.1, 0.15) is 0 Å². The summed E-state index contributed by atoms with van der Waals surface area (Å²) < 4.78 is 6.43. The number of hydrogen-bond acceptors (Lipinski definition) is 2. The van der Waals surface area contributed by atoms with Crippen LogP contribution in [0.4, 0.5) is 0 Å². The molecule has 0 N–H and O–H groups in total. The Morgan fingerprint density at radius 3 is 2.14 bits per heavy atom. The molecule has 0 bridgehead atoms. The third-order valence-electron chi connectivity index (χ3n) is 8.39. The van der Waals surface area contributed by atoms with E-state index in [0.717, 1.165) is 44.0 Å². The molecule has 1 saturated heterocycles. The van der Waals surface area contributed by atoms with E-state index in [1.54, 1.807) is 0 Å². The number of rotatable bonds is 1. The molecule has 0 amide bonds. The molecular weight excluding hydrogens is 355 g/mol. The molecule has 1 aliphatic heterocycles. The molecule has 150 valence electrons. The third-order valence-corrected chi connectivity index (χ3v) is 8.39. The van der Waals surface area contributed by atoms with E-state index >= 15 is 0 Å². The molecular formula is C26H31BO2. The van der Waals surface area contributed by atoms with Crippen LogP contribution in [0, 0.1) is 10.8 Å². The second-order valence-corrected chi connectivity index (χ2v) is 10.7. The molecule has 1 fully saturated rings. The maximum atomic E-state index is 13.7. The van der Waals surface area contributed by atoms with Crippen LogP contribution in [0.15, 0.2) is 42.5 Å². The van der Waals surface area contributed by atoms with Crippen molar-refractivity contribution in [1.82, 2.24) is 0 Å². The van der Waals surface area contributed by atoms with Crippen molar-refractivity contribution >= 4 is 18.2 Å². The van der Waals surface area contributed by atoms with Crippen molar-refractivity contribution in [3.05, 3.63) is 64.7 Å². The van der Waals surface area contributed by atoms with E-state index < -0.39 is 0 Å². The fraction of sp³-hybridized carbons (Fsp3) is 0.500. The molecule has 0 saturated carbocycles. The number of Topliss-reactive ketones (excluding diaryl/α,β-unsaturated/α-hetero) is 1. The van der Waals surface area contributed by atoms with Crippen molar-refractivity contribution in [3.8, 4) is 0 Å². The average Bonchev–Trinajstić information content (AvgIpc) is 2.98. The van der Waals surface area contributed by atoms with Crippen LogP contribution in [0.25, 0.3) is 0 Å². The van der Waals surface area contributed by atoms with Gasteiger partial charge < -0.3 is 4.65 Å². The summed E-state index contributed by atoms with van der Waals surface area (Å²) >= 11 is 0. The lowest BCUT2D eigenvalue weighted by Crippen LogP contribution is -2.36. The molecule has 2 aliphatic carbocycles. The standard InChI is InChI=1S/C26H31BO2/c1-24(2)17-27(29-25(24,3)4)21-10-9-20-16-26(23(28)22(20)15-21)13-11-18-7-5-6-8-19(18)12-14-26/h5-10,15H,11-14,16-17H2,1-4H3. The van der Waals surface area contributed by atoms with Crippen molar-refractivity contribution in [3.63, 3.8) is 0 Å². The highest BCUT2D eigenvalue weighted by molar-refractivity contribution is 6.68. The summed E-state index contributed by atoms with van der Waals surface area (Å²) in [7, 11) is 0. The molecule has 2 aromatic carbocycles. The summed E-state index contributed by atoms with van der Waals surface area (Å²) in [4.78, 5) is 13.7. The molecule has 5 rings (SSSR count). The number of aryl methyl sites for hydroxylation is 2. The van der Waals surface area contributed by atoms with Crippen molar-refractivity contribution in [2.24, 2.45) is 10.8 Å². The summed E-state index contributed by atoms with van der Waals surface area (Å²) in [6.07, 6.45) is 5.85. The van der Waals surface area contributed by atoms with Gasteiger partial charge in [0.15, 0.2) is 5.78 Å². The highest BCUT2D eigenvalue weighted by atomic mass is 16.5. The zero-order valence-corrected chi connectivity index (χ0v) is 18.2. The number of hydrogen-bond donors (Lipinski definition) is 0. The van der Waals surface area contributed by atoms with E-state index in [-0.39, 0.29) is 23.3 Å². The molecule has 2 aromatic rings. The quantitative estimate of drug-likeness (QED) is 0.643. The number of fused-ring (bicyclic) bond motifs is 2. The normalized spacial score (nSPS) is 23.7. The minimum absolute atomic E-state index is 0.0769. The van der Waals surface area contributed by atoms with Crippen LogP contribution in [0.1, 0.15) is 67.6 Å². The Kier molecular flexibility index (Phi) is 4.16. The Morgan fingerprint density at radius 2 is 1.55 bits per heavy atom.